The number of nitrogens with zero attached hydrogens (tertiary/aromatic N) is 3. The molecule has 2 aromatic heterocycles. The molecule has 0 radical (unpaired) electrons. The van der Waals surface area contributed by atoms with E-state index < -0.39 is 18.1 Å². The van der Waals surface area contributed by atoms with E-state index in [2.05, 4.69) is 15.3 Å². The average Bonchev–Trinajstić information content (AvgIpc) is 3.20. The molecule has 24 heavy (non-hydrogen) atoms. The number of nitrogens with two attached hydrogens (primary N) is 2. The Morgan fingerprint density at radius 3 is 2.83 bits per heavy atom. The summed E-state index contributed by atoms with van der Waals surface area (Å²) in [5.74, 6) is -0.559. The van der Waals surface area contributed by atoms with Gasteiger partial charge in [0.1, 0.15) is 30.3 Å². The van der Waals surface area contributed by atoms with E-state index in [0.717, 1.165) is 0 Å². The molecule has 0 atom stereocenters. The van der Waals surface area contributed by atoms with Gasteiger partial charge in [0.15, 0.2) is 0 Å². The Labute approximate surface area is 137 Å². The van der Waals surface area contributed by atoms with Crippen molar-refractivity contribution < 1.29 is 9.18 Å². The molecule has 0 unspecified atom stereocenters. The van der Waals surface area contributed by atoms with Gasteiger partial charge in [0.05, 0.1) is 16.5 Å². The smallest absolute Gasteiger partial charge is 0.259 e. The molecule has 1 fully saturated rings. The van der Waals surface area contributed by atoms with Crippen molar-refractivity contribution in [1.82, 2.24) is 19.9 Å². The minimum atomic E-state index is -0.668. The lowest BCUT2D eigenvalue weighted by atomic mass is 10.2. The van der Waals surface area contributed by atoms with Crippen molar-refractivity contribution in [3.63, 3.8) is 0 Å². The van der Waals surface area contributed by atoms with E-state index in [0.29, 0.717) is 29.6 Å². The number of alkyl halides is 1. The molecule has 0 aromatic carbocycles. The van der Waals surface area contributed by atoms with Gasteiger partial charge in [-0.2, -0.15) is 0 Å². The Kier molecular flexibility index (Phi) is 3.70. The van der Waals surface area contributed by atoms with Gasteiger partial charge in [0.25, 0.3) is 5.91 Å². The van der Waals surface area contributed by atoms with Crippen LogP contribution in [0.25, 0.3) is 11.0 Å². The molecule has 1 aliphatic carbocycles. The first-order chi connectivity index (χ1) is 11.4. The van der Waals surface area contributed by atoms with Crippen LogP contribution in [0.4, 0.5) is 10.2 Å². The standard InChI is InChI=1S/C15H18FN7O/c1-8(17)4-10(18)22-14(24)9-5-23(15(6-16)2-3-15)13-11(9)12(19)20-7-21-13/h4-5,7H,2-3,6,17H2,1H3,(H2,18,22,24)(H2,19,20,21)/b8-4-. The highest BCUT2D eigenvalue weighted by molar-refractivity contribution is 6.16. The normalized spacial score (nSPS) is 16.2. The third kappa shape index (κ3) is 2.57. The predicted octanol–water partition coefficient (Wildman–Crippen LogP) is 1.04. The zero-order chi connectivity index (χ0) is 17.5. The summed E-state index contributed by atoms with van der Waals surface area (Å²) in [7, 11) is 0. The number of amides is 1. The first-order valence-corrected chi connectivity index (χ1v) is 7.39. The molecule has 2 aromatic rings. The Morgan fingerprint density at radius 1 is 1.54 bits per heavy atom. The van der Waals surface area contributed by atoms with Gasteiger partial charge in [-0.05, 0) is 25.8 Å². The summed E-state index contributed by atoms with van der Waals surface area (Å²) in [6.07, 6.45) is 5.48. The fourth-order valence-electron chi connectivity index (χ4n) is 2.66. The Balaban J connectivity index is 2.07. The molecule has 1 aliphatic rings. The van der Waals surface area contributed by atoms with E-state index in [1.807, 2.05) is 0 Å². The fourth-order valence-corrected chi connectivity index (χ4v) is 2.66. The highest BCUT2D eigenvalue weighted by atomic mass is 19.1. The van der Waals surface area contributed by atoms with Crippen LogP contribution >= 0.6 is 0 Å². The largest absolute Gasteiger partial charge is 0.402 e. The number of carbonyl (C=O) groups excluding carboxylic acids is 1. The average molecular weight is 331 g/mol. The monoisotopic (exact) mass is 331 g/mol. The van der Waals surface area contributed by atoms with E-state index in [1.165, 1.54) is 18.6 Å². The highest BCUT2D eigenvalue weighted by Gasteiger charge is 2.46. The van der Waals surface area contributed by atoms with Crippen molar-refractivity contribution in [3.05, 3.63) is 29.9 Å². The molecule has 6 N–H and O–H groups in total. The van der Waals surface area contributed by atoms with Gasteiger partial charge in [-0.25, -0.2) is 14.4 Å². The summed E-state index contributed by atoms with van der Waals surface area (Å²) in [6.45, 7) is 1.06. The van der Waals surface area contributed by atoms with E-state index in [1.54, 1.807) is 11.5 Å². The maximum atomic E-state index is 13.5. The molecule has 1 saturated carbocycles. The quantitative estimate of drug-likeness (QED) is 0.490. The second-order valence-corrected chi connectivity index (χ2v) is 5.98. The van der Waals surface area contributed by atoms with Gasteiger partial charge in [0.2, 0.25) is 0 Å². The molecule has 8 nitrogen and oxygen atoms in total. The Hall–Kier alpha value is -2.97. The van der Waals surface area contributed by atoms with Gasteiger partial charge in [-0.1, -0.05) is 0 Å². The summed E-state index contributed by atoms with van der Waals surface area (Å²) in [4.78, 5) is 20.6. The van der Waals surface area contributed by atoms with Crippen molar-refractivity contribution in [2.24, 2.45) is 5.73 Å². The Morgan fingerprint density at radius 2 is 2.25 bits per heavy atom. The van der Waals surface area contributed by atoms with Gasteiger partial charge >= 0.3 is 0 Å². The van der Waals surface area contributed by atoms with Crippen molar-refractivity contribution in [3.8, 4) is 0 Å². The molecule has 0 bridgehead atoms. The first-order valence-electron chi connectivity index (χ1n) is 7.39. The zero-order valence-electron chi connectivity index (χ0n) is 13.1. The number of nitrogens with one attached hydrogen (secondary N) is 2. The molecule has 0 aliphatic heterocycles. The molecule has 2 heterocycles. The number of aromatic nitrogens is 3. The fraction of sp³-hybridized carbons (Fsp3) is 0.333. The van der Waals surface area contributed by atoms with Crippen molar-refractivity contribution in [2.75, 3.05) is 12.4 Å². The minimum absolute atomic E-state index is 0.135. The maximum absolute atomic E-state index is 13.5. The number of nitrogen functional groups attached to an aromatic ring is 1. The zero-order valence-corrected chi connectivity index (χ0v) is 13.1. The van der Waals surface area contributed by atoms with Gasteiger partial charge in [0, 0.05) is 11.9 Å². The lowest BCUT2D eigenvalue weighted by Gasteiger charge is -2.13. The number of halogens is 1. The van der Waals surface area contributed by atoms with Crippen LogP contribution in [-0.4, -0.2) is 33.0 Å². The molecule has 0 saturated heterocycles. The van der Waals surface area contributed by atoms with E-state index >= 15 is 0 Å². The first kappa shape index (κ1) is 15.9. The predicted molar refractivity (Wildman–Crippen MR) is 88.3 cm³/mol. The molecule has 3 rings (SSSR count). The summed E-state index contributed by atoms with van der Waals surface area (Å²) < 4.78 is 15.1. The van der Waals surface area contributed by atoms with Crippen LogP contribution in [-0.2, 0) is 5.54 Å². The third-order valence-electron chi connectivity index (χ3n) is 4.06. The second kappa shape index (κ2) is 5.59. The van der Waals surface area contributed by atoms with Crippen LogP contribution in [0.3, 0.4) is 0 Å². The van der Waals surface area contributed by atoms with E-state index in [-0.39, 0.29) is 17.2 Å². The second-order valence-electron chi connectivity index (χ2n) is 5.98. The van der Waals surface area contributed by atoms with Crippen molar-refractivity contribution in [1.29, 1.82) is 5.41 Å². The van der Waals surface area contributed by atoms with Gasteiger partial charge in [-0.3, -0.25) is 10.2 Å². The molecular weight excluding hydrogens is 313 g/mol. The summed E-state index contributed by atoms with van der Waals surface area (Å²) in [6, 6.07) is 0. The maximum Gasteiger partial charge on any atom is 0.259 e. The van der Waals surface area contributed by atoms with Crippen LogP contribution in [0.15, 0.2) is 24.3 Å². The molecule has 126 valence electrons. The third-order valence-corrected chi connectivity index (χ3v) is 4.06. The lowest BCUT2D eigenvalue weighted by molar-refractivity contribution is 0.0978. The molecular formula is C15H18FN7O. The van der Waals surface area contributed by atoms with Crippen LogP contribution in [0.1, 0.15) is 30.1 Å². The van der Waals surface area contributed by atoms with E-state index in [4.69, 9.17) is 16.9 Å². The highest BCUT2D eigenvalue weighted by Crippen LogP contribution is 2.46. The molecule has 1 amide bonds. The van der Waals surface area contributed by atoms with Crippen LogP contribution in [0.2, 0.25) is 0 Å². The summed E-state index contributed by atoms with van der Waals surface area (Å²) >= 11 is 0. The number of hydrogen-bond acceptors (Lipinski definition) is 6. The minimum Gasteiger partial charge on any atom is -0.402 e. The summed E-state index contributed by atoms with van der Waals surface area (Å²) in [5, 5.41) is 10.5. The topological polar surface area (TPSA) is 136 Å². The van der Waals surface area contributed by atoms with E-state index in [9.17, 15) is 9.18 Å². The number of hydrogen-bond donors (Lipinski definition) is 4. The number of rotatable bonds is 4. The van der Waals surface area contributed by atoms with Crippen LogP contribution in [0, 0.1) is 5.41 Å². The number of fused-ring (bicyclic) bond motifs is 1. The number of allylic oxidation sites excluding steroid dienone is 1. The van der Waals surface area contributed by atoms with Crippen molar-refractivity contribution in [2.45, 2.75) is 25.3 Å². The SMILES string of the molecule is C/C(N)=C/C(=N)NC(=O)c1cn(C2(CF)CC2)c2ncnc(N)c12. The van der Waals surface area contributed by atoms with Crippen LogP contribution < -0.4 is 16.8 Å². The molecule has 0 spiro atoms. The van der Waals surface area contributed by atoms with Crippen LogP contribution in [0.5, 0.6) is 0 Å². The Bertz CT molecular complexity index is 862. The lowest BCUT2D eigenvalue weighted by Crippen LogP contribution is -2.29. The van der Waals surface area contributed by atoms with Gasteiger partial charge in [-0.15, -0.1) is 0 Å². The number of carbonyl (C=O) groups is 1. The number of anilines is 1. The summed E-state index contributed by atoms with van der Waals surface area (Å²) in [5.41, 5.74) is 11.7. The van der Waals surface area contributed by atoms with Gasteiger partial charge < -0.3 is 21.4 Å². The van der Waals surface area contributed by atoms with Crippen molar-refractivity contribution >= 4 is 28.6 Å². The number of amidine groups is 1. The molecule has 9 heteroatoms.